The van der Waals surface area contributed by atoms with Gasteiger partial charge in [0.2, 0.25) is 0 Å². The van der Waals surface area contributed by atoms with E-state index in [1.54, 1.807) is 6.92 Å². The van der Waals surface area contributed by atoms with Gasteiger partial charge >= 0.3 is 0 Å². The van der Waals surface area contributed by atoms with Crippen molar-refractivity contribution in [1.29, 1.82) is 0 Å². The summed E-state index contributed by atoms with van der Waals surface area (Å²) in [6.07, 6.45) is 3.59. The van der Waals surface area contributed by atoms with E-state index in [4.69, 9.17) is 9.26 Å². The number of aryl methyl sites for hydroxylation is 1. The van der Waals surface area contributed by atoms with Crippen LogP contribution in [0.2, 0.25) is 0 Å². The minimum atomic E-state index is -0.473. The number of halogens is 1. The summed E-state index contributed by atoms with van der Waals surface area (Å²) >= 11 is 0. The van der Waals surface area contributed by atoms with Crippen molar-refractivity contribution in [1.82, 2.24) is 15.0 Å². The van der Waals surface area contributed by atoms with Crippen LogP contribution in [0.1, 0.15) is 41.9 Å². The predicted molar refractivity (Wildman–Crippen MR) is 110 cm³/mol. The average Bonchev–Trinajstić information content (AvgIpc) is 3.20. The first-order valence-electron chi connectivity index (χ1n) is 10.2. The molecule has 2 heterocycles. The van der Waals surface area contributed by atoms with Crippen molar-refractivity contribution < 1.29 is 18.4 Å². The van der Waals surface area contributed by atoms with E-state index in [1.165, 1.54) is 18.2 Å². The van der Waals surface area contributed by atoms with Gasteiger partial charge in [-0.3, -0.25) is 4.79 Å². The maximum atomic E-state index is 14.0. The fourth-order valence-electron chi connectivity index (χ4n) is 3.84. The van der Waals surface area contributed by atoms with Gasteiger partial charge in [-0.2, -0.15) is 4.98 Å². The van der Waals surface area contributed by atoms with E-state index < -0.39 is 5.82 Å². The Balaban J connectivity index is 1.52. The zero-order valence-electron chi connectivity index (χ0n) is 16.9. The number of carbonyl (C=O) groups excluding carboxylic acids is 1. The smallest absolute Gasteiger partial charge is 0.258 e. The molecule has 1 aromatic heterocycles. The molecule has 0 N–H and O–H groups in total. The molecule has 0 radical (unpaired) electrons. The lowest BCUT2D eigenvalue weighted by atomic mass is 9.97. The Morgan fingerprint density at radius 1 is 1.23 bits per heavy atom. The highest BCUT2D eigenvalue weighted by Crippen LogP contribution is 2.28. The molecule has 0 saturated carbocycles. The molecule has 2 aromatic carbocycles. The van der Waals surface area contributed by atoms with Crippen LogP contribution >= 0.6 is 0 Å². The molecule has 4 rings (SSSR count). The molecule has 1 saturated heterocycles. The largest absolute Gasteiger partial charge is 0.494 e. The molecule has 1 atom stereocenters. The third-order valence-electron chi connectivity index (χ3n) is 5.32. The van der Waals surface area contributed by atoms with Crippen molar-refractivity contribution in [3.8, 4) is 17.2 Å². The molecule has 30 heavy (non-hydrogen) atoms. The van der Waals surface area contributed by atoms with Gasteiger partial charge in [-0.15, -0.1) is 0 Å². The number of likely N-dealkylation sites (tertiary alicyclic amines) is 1. The third kappa shape index (κ3) is 4.50. The molecule has 0 spiro atoms. The number of benzene rings is 2. The van der Waals surface area contributed by atoms with Gasteiger partial charge in [0.25, 0.3) is 11.8 Å². The van der Waals surface area contributed by atoms with Crippen LogP contribution in [0.3, 0.4) is 0 Å². The fourth-order valence-corrected chi connectivity index (χ4v) is 3.84. The lowest BCUT2D eigenvalue weighted by Gasteiger charge is -2.36. The fraction of sp³-hybridized carbons (Fsp3) is 0.348. The van der Waals surface area contributed by atoms with Crippen LogP contribution in [0.5, 0.6) is 5.75 Å². The van der Waals surface area contributed by atoms with Crippen molar-refractivity contribution in [2.24, 2.45) is 0 Å². The van der Waals surface area contributed by atoms with Crippen molar-refractivity contribution >= 4 is 5.91 Å². The van der Waals surface area contributed by atoms with Crippen LogP contribution in [0.4, 0.5) is 4.39 Å². The lowest BCUT2D eigenvalue weighted by molar-refractivity contribution is 0.0580. The van der Waals surface area contributed by atoms with Crippen LogP contribution in [0.25, 0.3) is 11.5 Å². The molecular weight excluding hydrogens is 385 g/mol. The number of hydrogen-bond donors (Lipinski definition) is 0. The van der Waals surface area contributed by atoms with Crippen LogP contribution in [0, 0.1) is 12.7 Å². The van der Waals surface area contributed by atoms with Gasteiger partial charge in [-0.1, -0.05) is 23.4 Å². The van der Waals surface area contributed by atoms with Crippen LogP contribution < -0.4 is 4.74 Å². The van der Waals surface area contributed by atoms with Crippen LogP contribution in [0.15, 0.2) is 53.1 Å². The van der Waals surface area contributed by atoms with Gasteiger partial charge < -0.3 is 14.2 Å². The van der Waals surface area contributed by atoms with Crippen LogP contribution in [-0.4, -0.2) is 40.1 Å². The molecule has 0 bridgehead atoms. The molecule has 6 nitrogen and oxygen atoms in total. The second-order valence-corrected chi connectivity index (χ2v) is 7.43. The number of piperidine rings is 1. The third-order valence-corrected chi connectivity index (χ3v) is 5.32. The second-order valence-electron chi connectivity index (χ2n) is 7.43. The molecule has 3 aromatic rings. The maximum Gasteiger partial charge on any atom is 0.258 e. The van der Waals surface area contributed by atoms with Crippen molar-refractivity contribution in [2.75, 3.05) is 13.2 Å². The number of para-hydroxylation sites is 1. The number of aromatic nitrogens is 2. The quantitative estimate of drug-likeness (QED) is 0.593. The number of carbonyl (C=O) groups is 1. The summed E-state index contributed by atoms with van der Waals surface area (Å²) in [6, 6.07) is 13.7. The Morgan fingerprint density at radius 3 is 2.83 bits per heavy atom. The minimum Gasteiger partial charge on any atom is -0.494 e. The topological polar surface area (TPSA) is 68.5 Å². The van der Waals surface area contributed by atoms with E-state index in [0.717, 1.165) is 25.0 Å². The first-order chi connectivity index (χ1) is 14.6. The Bertz CT molecular complexity index is 1010. The van der Waals surface area contributed by atoms with Gasteiger partial charge in [-0.05, 0) is 56.5 Å². The molecule has 0 aliphatic carbocycles. The van der Waals surface area contributed by atoms with E-state index in [1.807, 2.05) is 35.2 Å². The Labute approximate surface area is 174 Å². The highest BCUT2D eigenvalue weighted by atomic mass is 19.1. The first-order valence-corrected chi connectivity index (χ1v) is 10.2. The summed E-state index contributed by atoms with van der Waals surface area (Å²) in [5.74, 6) is 0.799. The van der Waals surface area contributed by atoms with Gasteiger partial charge in [0, 0.05) is 19.0 Å². The first kappa shape index (κ1) is 20.1. The highest BCUT2D eigenvalue weighted by Gasteiger charge is 2.30. The van der Waals surface area contributed by atoms with Crippen LogP contribution in [-0.2, 0) is 0 Å². The number of rotatable bonds is 6. The number of nitrogens with zero attached hydrogens (tertiary/aromatic N) is 3. The second kappa shape index (κ2) is 9.07. The predicted octanol–water partition coefficient (Wildman–Crippen LogP) is 4.65. The summed E-state index contributed by atoms with van der Waals surface area (Å²) in [7, 11) is 0. The number of amides is 1. The standard InChI is InChI=1S/C23H24FN3O3/c1-16-25-22(30-26-16)20-11-10-17(24)15-21(20)23(28)27-13-6-5-7-18(27)12-14-29-19-8-3-2-4-9-19/h2-4,8-11,15,18H,5-7,12-14H2,1H3. The highest BCUT2D eigenvalue weighted by molar-refractivity contribution is 6.00. The summed E-state index contributed by atoms with van der Waals surface area (Å²) in [5, 5.41) is 3.79. The molecule has 7 heteroatoms. The molecule has 1 aliphatic rings. The summed E-state index contributed by atoms with van der Waals surface area (Å²) in [4.78, 5) is 19.5. The normalized spacial score (nSPS) is 16.5. The molecule has 1 fully saturated rings. The SMILES string of the molecule is Cc1noc(-c2ccc(F)cc2C(=O)N2CCCCC2CCOc2ccccc2)n1. The average molecular weight is 409 g/mol. The van der Waals surface area contributed by atoms with Gasteiger partial charge in [0.05, 0.1) is 17.7 Å². The minimum absolute atomic E-state index is 0.0375. The van der Waals surface area contributed by atoms with Crippen molar-refractivity contribution in [3.63, 3.8) is 0 Å². The molecule has 1 amide bonds. The Morgan fingerprint density at radius 2 is 2.07 bits per heavy atom. The van der Waals surface area contributed by atoms with Gasteiger partial charge in [-0.25, -0.2) is 4.39 Å². The van der Waals surface area contributed by atoms with E-state index in [2.05, 4.69) is 10.1 Å². The van der Waals surface area contributed by atoms with Crippen molar-refractivity contribution in [3.05, 3.63) is 65.7 Å². The van der Waals surface area contributed by atoms with E-state index >= 15 is 0 Å². The zero-order chi connectivity index (χ0) is 20.9. The Hall–Kier alpha value is -3.22. The van der Waals surface area contributed by atoms with Crippen molar-refractivity contribution in [2.45, 2.75) is 38.6 Å². The van der Waals surface area contributed by atoms with Gasteiger partial charge in [0.1, 0.15) is 11.6 Å². The monoisotopic (exact) mass is 409 g/mol. The number of ether oxygens (including phenoxy) is 1. The molecular formula is C23H24FN3O3. The molecule has 1 unspecified atom stereocenters. The molecule has 1 aliphatic heterocycles. The summed E-state index contributed by atoms with van der Waals surface area (Å²) in [6.45, 7) is 2.84. The lowest BCUT2D eigenvalue weighted by Crippen LogP contribution is -2.44. The van der Waals surface area contributed by atoms with E-state index in [9.17, 15) is 9.18 Å². The van der Waals surface area contributed by atoms with Gasteiger partial charge in [0.15, 0.2) is 5.82 Å². The van der Waals surface area contributed by atoms with E-state index in [0.29, 0.717) is 31.0 Å². The van der Waals surface area contributed by atoms with E-state index in [-0.39, 0.29) is 23.4 Å². The summed E-state index contributed by atoms with van der Waals surface area (Å²) < 4.78 is 25.1. The Kier molecular flexibility index (Phi) is 6.07. The zero-order valence-corrected chi connectivity index (χ0v) is 16.9. The number of hydrogen-bond acceptors (Lipinski definition) is 5. The molecule has 156 valence electrons. The maximum absolute atomic E-state index is 14.0. The summed E-state index contributed by atoms with van der Waals surface area (Å²) in [5.41, 5.74) is 0.696.